The molecule has 1 N–H and O–H groups in total. The molecular weight excluding hydrogens is 452 g/mol. The Kier molecular flexibility index (Phi) is 6.20. The molecule has 166 valence electrons. The van der Waals surface area contributed by atoms with E-state index in [1.54, 1.807) is 0 Å². The van der Waals surface area contributed by atoms with Gasteiger partial charge < -0.3 is 10.2 Å². The first-order valence-electron chi connectivity index (χ1n) is 10.8. The highest BCUT2D eigenvalue weighted by atomic mass is 35.5. The summed E-state index contributed by atoms with van der Waals surface area (Å²) >= 11 is 7.68. The van der Waals surface area contributed by atoms with Crippen LogP contribution in [-0.2, 0) is 17.8 Å². The molecule has 1 aromatic heterocycles. The number of hydrogen-bond donors (Lipinski definition) is 1. The van der Waals surface area contributed by atoms with Crippen LogP contribution in [0.4, 0.5) is 11.6 Å². The van der Waals surface area contributed by atoms with E-state index in [1.807, 2.05) is 49.4 Å². The molecule has 0 saturated heterocycles. The second kappa shape index (κ2) is 9.41. The Morgan fingerprint density at radius 3 is 2.70 bits per heavy atom. The van der Waals surface area contributed by atoms with Crippen molar-refractivity contribution in [2.45, 2.75) is 24.9 Å². The average Bonchev–Trinajstić information content (AvgIpc) is 2.84. The lowest BCUT2D eigenvalue weighted by Crippen LogP contribution is -2.31. The van der Waals surface area contributed by atoms with Gasteiger partial charge in [0, 0.05) is 18.5 Å². The number of halogens is 1. The molecule has 5 rings (SSSR count). The third-order valence-corrected chi connectivity index (χ3v) is 7.01. The molecule has 0 fully saturated rings. The standard InChI is InChI=1S/C26H23ClN4OS/c1-17-10-11-23(21(27)14-17)28-24(32)16-33-25-20-8-4-5-9-22(20)29-26(30-25)31-13-12-18-6-2-3-7-19(18)15-31/h2-11,14H,12-13,15-16H2,1H3,(H,28,32). The number of fused-ring (bicyclic) bond motifs is 2. The largest absolute Gasteiger partial charge is 0.336 e. The van der Waals surface area contributed by atoms with Crippen molar-refractivity contribution in [3.8, 4) is 0 Å². The second-order valence-electron chi connectivity index (χ2n) is 8.11. The van der Waals surface area contributed by atoms with Crippen LogP contribution in [0.5, 0.6) is 0 Å². The first kappa shape index (κ1) is 21.7. The molecule has 3 aromatic carbocycles. The number of anilines is 2. The van der Waals surface area contributed by atoms with Gasteiger partial charge in [-0.3, -0.25) is 4.79 Å². The van der Waals surface area contributed by atoms with E-state index in [0.717, 1.165) is 41.0 Å². The highest BCUT2D eigenvalue weighted by Crippen LogP contribution is 2.30. The summed E-state index contributed by atoms with van der Waals surface area (Å²) in [5.41, 5.74) is 5.24. The predicted molar refractivity (Wildman–Crippen MR) is 136 cm³/mol. The Hall–Kier alpha value is -3.09. The van der Waals surface area contributed by atoms with Crippen LogP contribution in [0.25, 0.3) is 10.9 Å². The monoisotopic (exact) mass is 474 g/mol. The van der Waals surface area contributed by atoms with Crippen LogP contribution in [0, 0.1) is 6.92 Å². The smallest absolute Gasteiger partial charge is 0.234 e. The van der Waals surface area contributed by atoms with Gasteiger partial charge >= 0.3 is 0 Å². The van der Waals surface area contributed by atoms with E-state index in [2.05, 4.69) is 34.5 Å². The minimum atomic E-state index is -0.123. The van der Waals surface area contributed by atoms with Crippen LogP contribution in [0.15, 0.2) is 71.8 Å². The van der Waals surface area contributed by atoms with Gasteiger partial charge in [-0.05, 0) is 48.2 Å². The first-order chi connectivity index (χ1) is 16.1. The maximum atomic E-state index is 12.6. The topological polar surface area (TPSA) is 58.1 Å². The molecule has 0 aliphatic carbocycles. The van der Waals surface area contributed by atoms with Crippen molar-refractivity contribution in [2.75, 3.05) is 22.5 Å². The van der Waals surface area contributed by atoms with E-state index in [0.29, 0.717) is 16.7 Å². The van der Waals surface area contributed by atoms with Crippen LogP contribution in [0.2, 0.25) is 5.02 Å². The lowest BCUT2D eigenvalue weighted by atomic mass is 10.0. The van der Waals surface area contributed by atoms with E-state index < -0.39 is 0 Å². The molecule has 1 aliphatic heterocycles. The van der Waals surface area contributed by atoms with Crippen LogP contribution in [-0.4, -0.2) is 28.2 Å². The van der Waals surface area contributed by atoms with Gasteiger partial charge in [-0.2, -0.15) is 0 Å². The Labute approximate surface area is 202 Å². The summed E-state index contributed by atoms with van der Waals surface area (Å²) in [5, 5.41) is 5.19. The maximum Gasteiger partial charge on any atom is 0.234 e. The summed E-state index contributed by atoms with van der Waals surface area (Å²) in [6, 6.07) is 22.1. The predicted octanol–water partition coefficient (Wildman–Crippen LogP) is 5.89. The second-order valence-corrected chi connectivity index (χ2v) is 9.48. The van der Waals surface area contributed by atoms with Crippen molar-refractivity contribution >= 4 is 51.8 Å². The van der Waals surface area contributed by atoms with E-state index >= 15 is 0 Å². The Bertz CT molecular complexity index is 1340. The number of benzene rings is 3. The summed E-state index contributed by atoms with van der Waals surface area (Å²) in [6.07, 6.45) is 0.967. The number of aryl methyl sites for hydroxylation is 1. The molecule has 7 heteroatoms. The lowest BCUT2D eigenvalue weighted by Gasteiger charge is -2.29. The Morgan fingerprint density at radius 2 is 1.85 bits per heavy atom. The fourth-order valence-corrected chi connectivity index (χ4v) is 5.09. The Balaban J connectivity index is 1.37. The van der Waals surface area contributed by atoms with Crippen molar-refractivity contribution in [1.82, 2.24) is 9.97 Å². The molecule has 0 atom stereocenters. The minimum Gasteiger partial charge on any atom is -0.336 e. The summed E-state index contributed by atoms with van der Waals surface area (Å²) < 4.78 is 0. The van der Waals surface area contributed by atoms with Crippen molar-refractivity contribution in [3.63, 3.8) is 0 Å². The van der Waals surface area contributed by atoms with E-state index in [4.69, 9.17) is 21.6 Å². The number of amides is 1. The molecule has 1 aliphatic rings. The third kappa shape index (κ3) is 4.82. The number of para-hydroxylation sites is 1. The van der Waals surface area contributed by atoms with E-state index in [-0.39, 0.29) is 11.7 Å². The van der Waals surface area contributed by atoms with Crippen LogP contribution in [0.3, 0.4) is 0 Å². The lowest BCUT2D eigenvalue weighted by molar-refractivity contribution is -0.113. The number of carbonyl (C=O) groups is 1. The van der Waals surface area contributed by atoms with Gasteiger partial charge in [0.15, 0.2) is 0 Å². The SMILES string of the molecule is Cc1ccc(NC(=O)CSc2nc(N3CCc4ccccc4C3)nc3ccccc23)c(Cl)c1. The van der Waals surface area contributed by atoms with Crippen molar-refractivity contribution < 1.29 is 4.79 Å². The van der Waals surface area contributed by atoms with Crippen molar-refractivity contribution in [3.05, 3.63) is 88.4 Å². The molecule has 0 spiro atoms. The highest BCUT2D eigenvalue weighted by molar-refractivity contribution is 8.00. The van der Waals surface area contributed by atoms with Crippen LogP contribution in [0.1, 0.15) is 16.7 Å². The van der Waals surface area contributed by atoms with Gasteiger partial charge in [-0.15, -0.1) is 0 Å². The fraction of sp³-hybridized carbons (Fsp3) is 0.192. The molecule has 0 radical (unpaired) electrons. The van der Waals surface area contributed by atoms with Crippen molar-refractivity contribution in [2.24, 2.45) is 0 Å². The molecule has 0 unspecified atom stereocenters. The zero-order valence-corrected chi connectivity index (χ0v) is 19.8. The van der Waals surface area contributed by atoms with Gasteiger partial charge in [-0.1, -0.05) is 71.9 Å². The normalized spacial score (nSPS) is 13.1. The van der Waals surface area contributed by atoms with E-state index in [9.17, 15) is 4.79 Å². The fourth-order valence-electron chi connectivity index (χ4n) is 4.00. The number of thioether (sulfide) groups is 1. The van der Waals surface area contributed by atoms with Gasteiger partial charge in [0.2, 0.25) is 11.9 Å². The number of nitrogens with one attached hydrogen (secondary N) is 1. The molecule has 0 bridgehead atoms. The van der Waals surface area contributed by atoms with Crippen LogP contribution < -0.4 is 10.2 Å². The summed E-state index contributed by atoms with van der Waals surface area (Å²) in [4.78, 5) is 24.6. The third-order valence-electron chi connectivity index (χ3n) is 5.71. The number of rotatable bonds is 5. The zero-order valence-electron chi connectivity index (χ0n) is 18.2. The van der Waals surface area contributed by atoms with Crippen molar-refractivity contribution in [1.29, 1.82) is 0 Å². The summed E-state index contributed by atoms with van der Waals surface area (Å²) in [6.45, 7) is 3.61. The number of nitrogens with zero attached hydrogens (tertiary/aromatic N) is 3. The zero-order chi connectivity index (χ0) is 22.8. The molecule has 2 heterocycles. The Morgan fingerprint density at radius 1 is 1.06 bits per heavy atom. The summed E-state index contributed by atoms with van der Waals surface area (Å²) in [5.74, 6) is 0.808. The van der Waals surface area contributed by atoms with Crippen LogP contribution >= 0.6 is 23.4 Å². The molecule has 5 nitrogen and oxygen atoms in total. The molecule has 1 amide bonds. The highest BCUT2D eigenvalue weighted by Gasteiger charge is 2.20. The summed E-state index contributed by atoms with van der Waals surface area (Å²) in [7, 11) is 0. The maximum absolute atomic E-state index is 12.6. The minimum absolute atomic E-state index is 0.123. The number of carbonyl (C=O) groups excluding carboxylic acids is 1. The van der Waals surface area contributed by atoms with Gasteiger partial charge in [-0.25, -0.2) is 9.97 Å². The molecule has 33 heavy (non-hydrogen) atoms. The average molecular weight is 475 g/mol. The molecule has 0 saturated carbocycles. The number of hydrogen-bond acceptors (Lipinski definition) is 5. The van der Waals surface area contributed by atoms with Gasteiger partial charge in [0.25, 0.3) is 0 Å². The van der Waals surface area contributed by atoms with E-state index in [1.165, 1.54) is 22.9 Å². The van der Waals surface area contributed by atoms with Gasteiger partial charge in [0.1, 0.15) is 5.03 Å². The number of aromatic nitrogens is 2. The molecular formula is C26H23ClN4OS. The first-order valence-corrected chi connectivity index (χ1v) is 12.2. The van der Waals surface area contributed by atoms with Gasteiger partial charge in [0.05, 0.1) is 22.0 Å². The quantitative estimate of drug-likeness (QED) is 0.289. The molecule has 4 aromatic rings.